The molecular formula is C19H13FN4O2S2. The van der Waals surface area contributed by atoms with Gasteiger partial charge in [-0.2, -0.15) is 9.36 Å². The first-order chi connectivity index (χ1) is 13.7. The van der Waals surface area contributed by atoms with Crippen LogP contribution in [0.4, 0.5) is 9.52 Å². The second-order valence-corrected chi connectivity index (χ2v) is 7.15. The van der Waals surface area contributed by atoms with E-state index in [2.05, 4.69) is 19.7 Å². The number of carbonyl (C=O) groups excluding carboxylic acids is 1. The smallest absolute Gasteiger partial charge is 0.257 e. The van der Waals surface area contributed by atoms with Crippen LogP contribution >= 0.6 is 22.9 Å². The monoisotopic (exact) mass is 412 g/mol. The number of carbonyl (C=O) groups is 1. The molecule has 0 aliphatic rings. The van der Waals surface area contributed by atoms with Crippen molar-refractivity contribution in [3.63, 3.8) is 0 Å². The van der Waals surface area contributed by atoms with Gasteiger partial charge in [-0.15, -0.1) is 11.3 Å². The molecule has 0 unspecified atom stereocenters. The van der Waals surface area contributed by atoms with Crippen molar-refractivity contribution in [1.82, 2.24) is 14.3 Å². The predicted octanol–water partition coefficient (Wildman–Crippen LogP) is 4.63. The number of anilines is 1. The van der Waals surface area contributed by atoms with Gasteiger partial charge in [0.1, 0.15) is 18.2 Å². The number of amides is 1. The van der Waals surface area contributed by atoms with Gasteiger partial charge in [-0.05, 0) is 48.5 Å². The zero-order valence-electron chi connectivity index (χ0n) is 14.3. The van der Waals surface area contributed by atoms with Gasteiger partial charge in [0.2, 0.25) is 5.13 Å². The molecule has 6 nitrogen and oxygen atoms in total. The number of thiazole rings is 1. The van der Waals surface area contributed by atoms with Gasteiger partial charge in [0.25, 0.3) is 5.91 Å². The van der Waals surface area contributed by atoms with Crippen LogP contribution < -0.4 is 10.1 Å². The highest BCUT2D eigenvalue weighted by Gasteiger charge is 2.11. The van der Waals surface area contributed by atoms with Gasteiger partial charge in [0.15, 0.2) is 5.82 Å². The summed E-state index contributed by atoms with van der Waals surface area (Å²) in [7, 11) is 0. The lowest BCUT2D eigenvalue weighted by Crippen LogP contribution is -2.11. The van der Waals surface area contributed by atoms with E-state index in [-0.39, 0.29) is 11.7 Å². The first-order valence-corrected chi connectivity index (χ1v) is 9.90. The molecule has 0 spiro atoms. The lowest BCUT2D eigenvalue weighted by Gasteiger charge is -2.05. The molecule has 0 aliphatic heterocycles. The number of hydrogen-bond acceptors (Lipinski definition) is 7. The van der Waals surface area contributed by atoms with E-state index in [1.165, 1.54) is 23.5 Å². The fourth-order valence-electron chi connectivity index (χ4n) is 2.33. The van der Waals surface area contributed by atoms with Crippen LogP contribution in [0.5, 0.6) is 5.75 Å². The van der Waals surface area contributed by atoms with Crippen LogP contribution in [0, 0.1) is 5.82 Å². The van der Waals surface area contributed by atoms with Crippen molar-refractivity contribution >= 4 is 33.9 Å². The molecular weight excluding hydrogens is 399 g/mol. The highest BCUT2D eigenvalue weighted by atomic mass is 32.1. The normalized spacial score (nSPS) is 10.6. The van der Waals surface area contributed by atoms with E-state index in [0.717, 1.165) is 17.2 Å². The maximum atomic E-state index is 13.0. The number of rotatable bonds is 6. The SMILES string of the molecule is O=C(Nc1nc(-c2ccc(F)cc2)ns1)c1ccc(OCc2cscn2)cc1. The molecule has 0 aliphatic carbocycles. The van der Waals surface area contributed by atoms with Crippen LogP contribution in [0.2, 0.25) is 0 Å². The third-order valence-electron chi connectivity index (χ3n) is 3.74. The van der Waals surface area contributed by atoms with Gasteiger partial charge in [-0.3, -0.25) is 10.1 Å². The molecule has 9 heteroatoms. The van der Waals surface area contributed by atoms with Crippen LogP contribution in [0.3, 0.4) is 0 Å². The van der Waals surface area contributed by atoms with Crippen molar-refractivity contribution < 1.29 is 13.9 Å². The zero-order valence-corrected chi connectivity index (χ0v) is 16.0. The molecule has 2 aromatic carbocycles. The largest absolute Gasteiger partial charge is 0.487 e. The molecule has 1 N–H and O–H groups in total. The van der Waals surface area contributed by atoms with Crippen molar-refractivity contribution in [3.05, 3.63) is 76.5 Å². The summed E-state index contributed by atoms with van der Waals surface area (Å²) in [6.07, 6.45) is 0. The fourth-order valence-corrected chi connectivity index (χ4v) is 3.46. The average molecular weight is 412 g/mol. The first-order valence-electron chi connectivity index (χ1n) is 8.18. The maximum absolute atomic E-state index is 13.0. The van der Waals surface area contributed by atoms with Crippen molar-refractivity contribution in [1.29, 1.82) is 0 Å². The van der Waals surface area contributed by atoms with Crippen molar-refractivity contribution in [2.24, 2.45) is 0 Å². The van der Waals surface area contributed by atoms with Crippen LogP contribution in [-0.2, 0) is 6.61 Å². The summed E-state index contributed by atoms with van der Waals surface area (Å²) in [5, 5.41) is 5.01. The number of halogens is 1. The lowest BCUT2D eigenvalue weighted by molar-refractivity contribution is 0.102. The third kappa shape index (κ3) is 4.38. The van der Waals surface area contributed by atoms with E-state index in [0.29, 0.717) is 34.4 Å². The first kappa shape index (κ1) is 18.2. The molecule has 1 amide bonds. The maximum Gasteiger partial charge on any atom is 0.257 e. The number of benzene rings is 2. The van der Waals surface area contributed by atoms with Crippen molar-refractivity contribution in [2.75, 3.05) is 5.32 Å². The molecule has 0 saturated carbocycles. The Balaban J connectivity index is 1.37. The second-order valence-electron chi connectivity index (χ2n) is 5.68. The van der Waals surface area contributed by atoms with Gasteiger partial charge in [-0.1, -0.05) is 0 Å². The summed E-state index contributed by atoms with van der Waals surface area (Å²) in [5.41, 5.74) is 3.76. The Labute approximate surface area is 167 Å². The molecule has 0 fully saturated rings. The van der Waals surface area contributed by atoms with Gasteiger partial charge in [0, 0.05) is 28.0 Å². The Morgan fingerprint density at radius 3 is 2.61 bits per heavy atom. The van der Waals surface area contributed by atoms with E-state index in [1.54, 1.807) is 41.9 Å². The van der Waals surface area contributed by atoms with Crippen LogP contribution in [0.1, 0.15) is 16.1 Å². The van der Waals surface area contributed by atoms with Crippen molar-refractivity contribution in [3.8, 4) is 17.1 Å². The Morgan fingerprint density at radius 1 is 1.11 bits per heavy atom. The molecule has 140 valence electrons. The Bertz CT molecular complexity index is 1060. The molecule has 2 heterocycles. The highest BCUT2D eigenvalue weighted by molar-refractivity contribution is 7.10. The molecule has 0 atom stereocenters. The minimum atomic E-state index is -0.327. The number of aromatic nitrogens is 3. The van der Waals surface area contributed by atoms with Gasteiger partial charge in [-0.25, -0.2) is 9.37 Å². The fraction of sp³-hybridized carbons (Fsp3) is 0.0526. The van der Waals surface area contributed by atoms with Gasteiger partial charge < -0.3 is 4.74 Å². The molecule has 0 saturated heterocycles. The molecule has 0 radical (unpaired) electrons. The molecule has 2 aromatic heterocycles. The van der Waals surface area contributed by atoms with E-state index >= 15 is 0 Å². The molecule has 4 rings (SSSR count). The number of ether oxygens (including phenoxy) is 1. The number of nitrogens with one attached hydrogen (secondary N) is 1. The Morgan fingerprint density at radius 2 is 1.89 bits per heavy atom. The quantitative estimate of drug-likeness (QED) is 0.500. The molecule has 4 aromatic rings. The summed E-state index contributed by atoms with van der Waals surface area (Å²) < 4.78 is 22.8. The minimum absolute atomic E-state index is 0.298. The summed E-state index contributed by atoms with van der Waals surface area (Å²) in [4.78, 5) is 20.8. The van der Waals surface area contributed by atoms with Crippen LogP contribution in [-0.4, -0.2) is 20.2 Å². The van der Waals surface area contributed by atoms with Crippen molar-refractivity contribution in [2.45, 2.75) is 6.61 Å². The summed E-state index contributed by atoms with van der Waals surface area (Å²) in [6, 6.07) is 12.7. The number of hydrogen-bond donors (Lipinski definition) is 1. The highest BCUT2D eigenvalue weighted by Crippen LogP contribution is 2.22. The predicted molar refractivity (Wildman–Crippen MR) is 106 cm³/mol. The molecule has 28 heavy (non-hydrogen) atoms. The number of nitrogens with zero attached hydrogens (tertiary/aromatic N) is 3. The molecule has 0 bridgehead atoms. The van der Waals surface area contributed by atoms with E-state index in [4.69, 9.17) is 4.74 Å². The standard InChI is InChI=1S/C19H13FN4O2S2/c20-14-5-1-12(2-6-14)17-22-19(28-24-17)23-18(25)13-3-7-16(8-4-13)26-9-15-10-27-11-21-15/h1-8,10-11H,9H2,(H,22,23,24,25). The van der Waals surface area contributed by atoms with Crippen LogP contribution in [0.15, 0.2) is 59.4 Å². The van der Waals surface area contributed by atoms with E-state index < -0.39 is 0 Å². The van der Waals surface area contributed by atoms with E-state index in [9.17, 15) is 9.18 Å². The Hall–Kier alpha value is -3.17. The minimum Gasteiger partial charge on any atom is -0.487 e. The zero-order chi connectivity index (χ0) is 19.3. The van der Waals surface area contributed by atoms with Gasteiger partial charge in [0.05, 0.1) is 11.2 Å². The Kier molecular flexibility index (Phi) is 5.36. The second kappa shape index (κ2) is 8.24. The summed E-state index contributed by atoms with van der Waals surface area (Å²) in [5.74, 6) is 0.463. The third-order valence-corrected chi connectivity index (χ3v) is 5.00. The summed E-state index contributed by atoms with van der Waals surface area (Å²) >= 11 is 2.58. The van der Waals surface area contributed by atoms with E-state index in [1.807, 2.05) is 5.38 Å². The summed E-state index contributed by atoms with van der Waals surface area (Å²) in [6.45, 7) is 0.381. The average Bonchev–Trinajstić information content (AvgIpc) is 3.39. The van der Waals surface area contributed by atoms with Crippen LogP contribution in [0.25, 0.3) is 11.4 Å². The topological polar surface area (TPSA) is 77.0 Å². The lowest BCUT2D eigenvalue weighted by atomic mass is 10.2. The van der Waals surface area contributed by atoms with Gasteiger partial charge >= 0.3 is 0 Å².